The molecule has 2 aromatic carbocycles. The fourth-order valence-corrected chi connectivity index (χ4v) is 5.16. The Balaban J connectivity index is 1.37. The van der Waals surface area contributed by atoms with Crippen LogP contribution in [0.2, 0.25) is 5.02 Å². The van der Waals surface area contributed by atoms with Crippen molar-refractivity contribution in [3.8, 4) is 16.9 Å². The van der Waals surface area contributed by atoms with E-state index in [0.29, 0.717) is 50.5 Å². The highest BCUT2D eigenvalue weighted by Gasteiger charge is 2.34. The molecule has 0 saturated carbocycles. The van der Waals surface area contributed by atoms with Crippen LogP contribution in [0.5, 0.6) is 5.75 Å². The summed E-state index contributed by atoms with van der Waals surface area (Å²) in [5, 5.41) is 18.5. The van der Waals surface area contributed by atoms with Gasteiger partial charge in [-0.25, -0.2) is 9.37 Å². The summed E-state index contributed by atoms with van der Waals surface area (Å²) in [5.41, 5.74) is 0.403. The second-order valence-corrected chi connectivity index (χ2v) is 10.7. The SMILES string of the molecule is CN1CCN(Cc2ccc(-c3cc(Cl)c(O)c(CN=Nc4ncc(F)c(N5CCOCC5)n4)c3)cc2C(F)(F)F)CC1. The lowest BCUT2D eigenvalue weighted by Crippen LogP contribution is -2.44. The number of hydrogen-bond acceptors (Lipinski definition) is 9. The minimum absolute atomic E-state index is 0.0413. The Bertz CT molecular complexity index is 1440. The summed E-state index contributed by atoms with van der Waals surface area (Å²) < 4.78 is 61.9. The standard InChI is InChI=1S/C28H30ClF4N7O2/c1-38-4-6-39(7-5-38)17-19-3-2-18(13-22(19)28(31,32)33)20-12-21(25(41)23(29)14-20)15-35-37-27-34-16-24(30)26(36-27)40-8-10-42-11-9-40/h2-3,12-14,16,41H,4-11,15,17H2,1H3. The number of aromatic nitrogens is 2. The van der Waals surface area contributed by atoms with Crippen LogP contribution in [0.25, 0.3) is 11.1 Å². The van der Waals surface area contributed by atoms with Gasteiger partial charge in [0.25, 0.3) is 5.95 Å². The van der Waals surface area contributed by atoms with Gasteiger partial charge in [0.05, 0.1) is 36.5 Å². The van der Waals surface area contributed by atoms with Gasteiger partial charge in [-0.2, -0.15) is 23.3 Å². The second-order valence-electron chi connectivity index (χ2n) is 10.3. The summed E-state index contributed by atoms with van der Waals surface area (Å²) in [6.07, 6.45) is -3.54. The lowest BCUT2D eigenvalue weighted by Gasteiger charge is -2.33. The van der Waals surface area contributed by atoms with Gasteiger partial charge >= 0.3 is 6.18 Å². The van der Waals surface area contributed by atoms with Gasteiger partial charge in [-0.15, -0.1) is 5.11 Å². The first-order chi connectivity index (χ1) is 20.1. The number of rotatable bonds is 7. The van der Waals surface area contributed by atoms with E-state index in [-0.39, 0.29) is 46.8 Å². The summed E-state index contributed by atoms with van der Waals surface area (Å²) in [6, 6.07) is 7.15. The lowest BCUT2D eigenvalue weighted by molar-refractivity contribution is -0.138. The van der Waals surface area contributed by atoms with E-state index >= 15 is 0 Å². The molecule has 5 rings (SSSR count). The van der Waals surface area contributed by atoms with Crippen LogP contribution in [0.3, 0.4) is 0 Å². The smallest absolute Gasteiger partial charge is 0.416 e. The molecule has 2 aliphatic heterocycles. The summed E-state index contributed by atoms with van der Waals surface area (Å²) in [7, 11) is 1.99. The van der Waals surface area contributed by atoms with E-state index in [1.165, 1.54) is 18.2 Å². The molecular weight excluding hydrogens is 578 g/mol. The number of hydrogen-bond donors (Lipinski definition) is 1. The van der Waals surface area contributed by atoms with Crippen molar-refractivity contribution in [2.75, 3.05) is 64.4 Å². The molecule has 0 bridgehead atoms. The molecule has 3 heterocycles. The highest BCUT2D eigenvalue weighted by atomic mass is 35.5. The zero-order chi connectivity index (χ0) is 29.9. The number of phenolic OH excluding ortho intramolecular Hbond substituents is 1. The van der Waals surface area contributed by atoms with Gasteiger partial charge in [-0.3, -0.25) is 4.90 Å². The van der Waals surface area contributed by atoms with E-state index in [9.17, 15) is 22.7 Å². The molecule has 0 aliphatic carbocycles. The zero-order valence-corrected chi connectivity index (χ0v) is 23.7. The Morgan fingerprint density at radius 3 is 2.45 bits per heavy atom. The highest BCUT2D eigenvalue weighted by Crippen LogP contribution is 2.38. The van der Waals surface area contributed by atoms with Crippen molar-refractivity contribution in [2.24, 2.45) is 10.2 Å². The molecule has 0 amide bonds. The first kappa shape index (κ1) is 30.1. The molecule has 0 atom stereocenters. The largest absolute Gasteiger partial charge is 0.506 e. The number of likely N-dealkylation sites (N-methyl/N-ethyl adjacent to an activating group) is 1. The average molecular weight is 608 g/mol. The maximum Gasteiger partial charge on any atom is 0.416 e. The van der Waals surface area contributed by atoms with Gasteiger partial charge < -0.3 is 19.6 Å². The molecule has 2 saturated heterocycles. The molecule has 0 radical (unpaired) electrons. The van der Waals surface area contributed by atoms with E-state index in [1.807, 2.05) is 11.9 Å². The number of phenols is 1. The van der Waals surface area contributed by atoms with Crippen LogP contribution < -0.4 is 4.90 Å². The average Bonchev–Trinajstić information content (AvgIpc) is 2.97. The van der Waals surface area contributed by atoms with Crippen LogP contribution in [0.15, 0.2) is 46.8 Å². The molecule has 14 heteroatoms. The van der Waals surface area contributed by atoms with Crippen molar-refractivity contribution in [3.05, 3.63) is 64.1 Å². The summed E-state index contributed by atoms with van der Waals surface area (Å²) in [6.45, 7) is 4.84. The minimum atomic E-state index is -4.55. The number of anilines is 1. The van der Waals surface area contributed by atoms with Crippen molar-refractivity contribution >= 4 is 23.4 Å². The number of halogens is 5. The van der Waals surface area contributed by atoms with Gasteiger partial charge in [-0.1, -0.05) is 23.7 Å². The number of azo groups is 1. The maximum atomic E-state index is 14.3. The van der Waals surface area contributed by atoms with Crippen LogP contribution in [-0.2, 0) is 24.0 Å². The third-order valence-electron chi connectivity index (χ3n) is 7.31. The Kier molecular flexibility index (Phi) is 9.21. The molecule has 0 spiro atoms. The van der Waals surface area contributed by atoms with Crippen LogP contribution in [0, 0.1) is 5.82 Å². The minimum Gasteiger partial charge on any atom is -0.506 e. The molecule has 42 heavy (non-hydrogen) atoms. The first-order valence-electron chi connectivity index (χ1n) is 13.4. The van der Waals surface area contributed by atoms with Crippen molar-refractivity contribution < 1.29 is 27.4 Å². The second kappa shape index (κ2) is 12.9. The molecule has 224 valence electrons. The van der Waals surface area contributed by atoms with Gasteiger partial charge in [0.2, 0.25) is 0 Å². The Labute approximate surface area is 245 Å². The van der Waals surface area contributed by atoms with Crippen LogP contribution in [-0.4, -0.2) is 84.4 Å². The molecule has 0 unspecified atom stereocenters. The fraction of sp³-hybridized carbons (Fsp3) is 0.429. The summed E-state index contributed by atoms with van der Waals surface area (Å²) in [5.74, 6) is -0.853. The molecule has 2 aliphatic rings. The lowest BCUT2D eigenvalue weighted by atomic mass is 9.96. The Morgan fingerprint density at radius 1 is 1.00 bits per heavy atom. The van der Waals surface area contributed by atoms with E-state index in [4.69, 9.17) is 16.3 Å². The monoisotopic (exact) mass is 607 g/mol. The molecule has 1 N–H and O–H groups in total. The topological polar surface area (TPSA) is 89.7 Å². The van der Waals surface area contributed by atoms with Gasteiger partial charge in [-0.05, 0) is 41.9 Å². The summed E-state index contributed by atoms with van der Waals surface area (Å²) in [4.78, 5) is 13.9. The normalized spacial score (nSPS) is 17.3. The van der Waals surface area contributed by atoms with Crippen LogP contribution in [0.1, 0.15) is 16.7 Å². The molecule has 2 fully saturated rings. The first-order valence-corrected chi connectivity index (χ1v) is 13.8. The number of nitrogens with zero attached hydrogens (tertiary/aromatic N) is 7. The van der Waals surface area contributed by atoms with Crippen molar-refractivity contribution in [2.45, 2.75) is 19.3 Å². The van der Waals surface area contributed by atoms with Crippen LogP contribution >= 0.6 is 11.6 Å². The number of benzene rings is 2. The quantitative estimate of drug-likeness (QED) is 0.279. The predicted octanol–water partition coefficient (Wildman–Crippen LogP) is 5.53. The number of aromatic hydroxyl groups is 1. The van der Waals surface area contributed by atoms with Gasteiger partial charge in [0.1, 0.15) is 5.75 Å². The Hall–Kier alpha value is -3.39. The third kappa shape index (κ3) is 7.14. The molecule has 3 aromatic rings. The van der Waals surface area contributed by atoms with Gasteiger partial charge in [0.15, 0.2) is 11.6 Å². The van der Waals surface area contributed by atoms with E-state index in [2.05, 4.69) is 25.1 Å². The van der Waals surface area contributed by atoms with E-state index in [1.54, 1.807) is 11.0 Å². The van der Waals surface area contributed by atoms with Crippen molar-refractivity contribution in [1.29, 1.82) is 0 Å². The van der Waals surface area contributed by atoms with E-state index in [0.717, 1.165) is 25.4 Å². The van der Waals surface area contributed by atoms with Crippen LogP contribution in [0.4, 0.5) is 29.3 Å². The number of morpholine rings is 1. The highest BCUT2D eigenvalue weighted by molar-refractivity contribution is 6.32. The fourth-order valence-electron chi connectivity index (χ4n) is 4.92. The number of alkyl halides is 3. The zero-order valence-electron chi connectivity index (χ0n) is 22.9. The summed E-state index contributed by atoms with van der Waals surface area (Å²) >= 11 is 6.25. The third-order valence-corrected chi connectivity index (χ3v) is 7.59. The van der Waals surface area contributed by atoms with Crippen molar-refractivity contribution in [3.63, 3.8) is 0 Å². The molecule has 9 nitrogen and oxygen atoms in total. The number of piperazine rings is 1. The van der Waals surface area contributed by atoms with Crippen molar-refractivity contribution in [1.82, 2.24) is 19.8 Å². The molecular formula is C28H30ClF4N7O2. The Morgan fingerprint density at radius 2 is 1.74 bits per heavy atom. The predicted molar refractivity (Wildman–Crippen MR) is 150 cm³/mol. The molecule has 1 aromatic heterocycles. The maximum absolute atomic E-state index is 14.3. The van der Waals surface area contributed by atoms with Gasteiger partial charge in [0, 0.05) is 51.4 Å². The number of ether oxygens (including phenoxy) is 1. The van der Waals surface area contributed by atoms with E-state index < -0.39 is 17.6 Å².